The molecule has 2 aromatic heterocycles. The van der Waals surface area contributed by atoms with Crippen LogP contribution >= 0.6 is 22.9 Å². The van der Waals surface area contributed by atoms with Crippen molar-refractivity contribution in [3.05, 3.63) is 107 Å². The second-order valence-electron chi connectivity index (χ2n) is 8.12. The lowest BCUT2D eigenvalue weighted by molar-refractivity contribution is 0.238. The van der Waals surface area contributed by atoms with E-state index in [2.05, 4.69) is 15.3 Å². The van der Waals surface area contributed by atoms with Crippen molar-refractivity contribution >= 4 is 28.9 Å². The van der Waals surface area contributed by atoms with E-state index in [9.17, 15) is 22.8 Å². The van der Waals surface area contributed by atoms with Crippen LogP contribution in [0, 0.1) is 17.5 Å². The average Bonchev–Trinajstić information content (AvgIpc) is 3.38. The third-order valence-electron chi connectivity index (χ3n) is 5.41. The van der Waals surface area contributed by atoms with Crippen LogP contribution in [-0.4, -0.2) is 42.4 Å². The van der Waals surface area contributed by atoms with Crippen molar-refractivity contribution in [2.24, 2.45) is 5.84 Å². The molecule has 0 bridgehead atoms. The third kappa shape index (κ3) is 6.22. The molecule has 0 spiro atoms. The zero-order chi connectivity index (χ0) is 27.4. The first-order chi connectivity index (χ1) is 18.2. The molecule has 0 saturated carbocycles. The number of rotatable bonds is 9. The summed E-state index contributed by atoms with van der Waals surface area (Å²) in [4.78, 5) is 34.3. The number of nitrogens with zero attached hydrogens (tertiary/aromatic N) is 5. The lowest BCUT2D eigenvalue weighted by Crippen LogP contribution is -2.43. The molecule has 0 fully saturated rings. The number of allylic oxidation sites excluding steroid dienone is 4. The molecule has 15 heteroatoms. The van der Waals surface area contributed by atoms with Gasteiger partial charge in [0.25, 0.3) is 0 Å². The molecule has 2 heterocycles. The molecule has 0 amide bonds. The molecular formula is C23H21ClF3N7O3S. The first kappa shape index (κ1) is 27.3. The summed E-state index contributed by atoms with van der Waals surface area (Å²) >= 11 is 7.60. The first-order valence-electron chi connectivity index (χ1n) is 11.1. The minimum absolute atomic E-state index is 0.167. The number of nitrogens with two attached hydrogens (primary N) is 1. The van der Waals surface area contributed by atoms with Crippen LogP contribution in [0.15, 0.2) is 67.3 Å². The van der Waals surface area contributed by atoms with Crippen molar-refractivity contribution in [1.29, 1.82) is 0 Å². The minimum atomic E-state index is -1.39. The highest BCUT2D eigenvalue weighted by molar-refractivity contribution is 7.07. The normalized spacial score (nSPS) is 14.4. The summed E-state index contributed by atoms with van der Waals surface area (Å²) in [5.74, 6) is 1.71. The Morgan fingerprint density at radius 3 is 2.66 bits per heavy atom. The van der Waals surface area contributed by atoms with Crippen molar-refractivity contribution in [3.63, 3.8) is 0 Å². The molecule has 0 saturated heterocycles. The maximum Gasteiger partial charge on any atom is 0.355 e. The Balaban J connectivity index is 1.79. The highest BCUT2D eigenvalue weighted by atomic mass is 35.5. The Morgan fingerprint density at radius 1 is 1.18 bits per heavy atom. The maximum atomic E-state index is 14.5. The Labute approximate surface area is 222 Å². The highest BCUT2D eigenvalue weighted by Crippen LogP contribution is 2.26. The van der Waals surface area contributed by atoms with E-state index in [1.54, 1.807) is 23.7 Å². The van der Waals surface area contributed by atoms with E-state index in [1.807, 2.05) is 0 Å². The number of thiazole rings is 1. The molecule has 0 aliphatic heterocycles. The number of halogens is 4. The fourth-order valence-corrected chi connectivity index (χ4v) is 4.29. The number of aliphatic hydroxyl groups excluding tert-OH is 1. The van der Waals surface area contributed by atoms with Gasteiger partial charge in [-0.05, 0) is 24.1 Å². The molecule has 4 rings (SSSR count). The minimum Gasteiger partial charge on any atom is -0.394 e. The second-order valence-corrected chi connectivity index (χ2v) is 9.24. The lowest BCUT2D eigenvalue weighted by atomic mass is 10.1. The molecule has 38 heavy (non-hydrogen) atoms. The third-order valence-corrected chi connectivity index (χ3v) is 6.40. The number of anilines is 1. The number of aromatic nitrogens is 4. The van der Waals surface area contributed by atoms with Crippen molar-refractivity contribution < 1.29 is 18.3 Å². The maximum absolute atomic E-state index is 14.5. The van der Waals surface area contributed by atoms with E-state index >= 15 is 0 Å². The number of hydrazine groups is 1. The van der Waals surface area contributed by atoms with E-state index in [4.69, 9.17) is 22.6 Å². The molecule has 0 radical (unpaired) electrons. The van der Waals surface area contributed by atoms with Gasteiger partial charge in [0.2, 0.25) is 5.95 Å². The van der Waals surface area contributed by atoms with Crippen molar-refractivity contribution in [2.75, 3.05) is 18.5 Å². The van der Waals surface area contributed by atoms with Crippen molar-refractivity contribution in [1.82, 2.24) is 24.1 Å². The van der Waals surface area contributed by atoms with E-state index in [0.29, 0.717) is 29.8 Å². The van der Waals surface area contributed by atoms with Gasteiger partial charge in [-0.25, -0.2) is 38.2 Å². The van der Waals surface area contributed by atoms with E-state index in [1.165, 1.54) is 21.9 Å². The van der Waals surface area contributed by atoms with Gasteiger partial charge in [-0.2, -0.15) is 4.98 Å². The lowest BCUT2D eigenvalue weighted by Gasteiger charge is -2.20. The Hall–Kier alpha value is -3.72. The van der Waals surface area contributed by atoms with Gasteiger partial charge in [0.05, 0.1) is 48.2 Å². The van der Waals surface area contributed by atoms with Gasteiger partial charge >= 0.3 is 11.4 Å². The molecule has 0 unspecified atom stereocenters. The summed E-state index contributed by atoms with van der Waals surface area (Å²) in [6.07, 6.45) is 5.21. The largest absolute Gasteiger partial charge is 0.394 e. The Kier molecular flexibility index (Phi) is 8.46. The number of hydrogen-bond acceptors (Lipinski definition) is 9. The zero-order valence-corrected chi connectivity index (χ0v) is 21.1. The Bertz CT molecular complexity index is 1550. The summed E-state index contributed by atoms with van der Waals surface area (Å²) in [6, 6.07) is 0.994. The van der Waals surface area contributed by atoms with Gasteiger partial charge in [-0.3, -0.25) is 4.57 Å². The molecule has 10 nitrogen and oxygen atoms in total. The predicted molar refractivity (Wildman–Crippen MR) is 136 cm³/mol. The van der Waals surface area contributed by atoms with Crippen LogP contribution < -0.4 is 22.5 Å². The number of benzene rings is 1. The van der Waals surface area contributed by atoms with Gasteiger partial charge in [0.15, 0.2) is 11.6 Å². The van der Waals surface area contributed by atoms with Crippen LogP contribution in [0.2, 0.25) is 0 Å². The summed E-state index contributed by atoms with van der Waals surface area (Å²) in [6.45, 7) is -0.781. The molecule has 4 N–H and O–H groups in total. The van der Waals surface area contributed by atoms with Crippen LogP contribution in [0.3, 0.4) is 0 Å². The molecule has 1 aliphatic carbocycles. The van der Waals surface area contributed by atoms with Crippen LogP contribution in [-0.2, 0) is 13.1 Å². The summed E-state index contributed by atoms with van der Waals surface area (Å²) in [5.41, 5.74) is 0.694. The van der Waals surface area contributed by atoms with E-state index in [0.717, 1.165) is 9.13 Å². The topological polar surface area (TPSA) is 131 Å². The summed E-state index contributed by atoms with van der Waals surface area (Å²) in [7, 11) is 0. The van der Waals surface area contributed by atoms with Crippen LogP contribution in [0.1, 0.15) is 17.7 Å². The van der Waals surface area contributed by atoms with Crippen molar-refractivity contribution in [2.45, 2.75) is 19.5 Å². The van der Waals surface area contributed by atoms with Gasteiger partial charge in [-0.15, -0.1) is 11.3 Å². The van der Waals surface area contributed by atoms with Gasteiger partial charge in [-0.1, -0.05) is 17.7 Å². The quantitative estimate of drug-likeness (QED) is 0.204. The zero-order valence-electron chi connectivity index (χ0n) is 19.6. The average molecular weight is 568 g/mol. The molecule has 1 aromatic carbocycles. The fourth-order valence-electron chi connectivity index (χ4n) is 3.57. The monoisotopic (exact) mass is 567 g/mol. The van der Waals surface area contributed by atoms with Crippen molar-refractivity contribution in [3.8, 4) is 0 Å². The smallest absolute Gasteiger partial charge is 0.355 e. The molecule has 3 aromatic rings. The number of nitrogens with one attached hydrogen (secondary N) is 1. The summed E-state index contributed by atoms with van der Waals surface area (Å²) < 4.78 is 43.6. The predicted octanol–water partition coefficient (Wildman–Crippen LogP) is 2.25. The van der Waals surface area contributed by atoms with Gasteiger partial charge < -0.3 is 15.4 Å². The molecular weight excluding hydrogens is 547 g/mol. The molecule has 0 atom stereocenters. The van der Waals surface area contributed by atoms with Crippen LogP contribution in [0.5, 0.6) is 0 Å². The molecule has 1 aliphatic rings. The van der Waals surface area contributed by atoms with E-state index < -0.39 is 35.4 Å². The van der Waals surface area contributed by atoms with Gasteiger partial charge in [0, 0.05) is 23.2 Å². The second kappa shape index (κ2) is 11.8. The van der Waals surface area contributed by atoms with Gasteiger partial charge in [0.1, 0.15) is 5.82 Å². The van der Waals surface area contributed by atoms with E-state index in [-0.39, 0.29) is 41.9 Å². The SMILES string of the molecule is NN(/C=C1/C=C(Nc2nc(=O)n(Cc3cscn3)c(=O)n2Cc2cc(F)c(F)cc2F)C(Cl)=CC1)CCO. The molecule has 200 valence electrons. The highest BCUT2D eigenvalue weighted by Gasteiger charge is 2.20. The van der Waals surface area contributed by atoms with Crippen LogP contribution in [0.4, 0.5) is 19.1 Å². The fraction of sp³-hybridized carbons (Fsp3) is 0.217. The number of aliphatic hydroxyl groups is 1. The Morgan fingerprint density at radius 2 is 1.95 bits per heavy atom. The first-order valence-corrected chi connectivity index (χ1v) is 12.4. The van der Waals surface area contributed by atoms with Crippen LogP contribution in [0.25, 0.3) is 0 Å². The standard InChI is InChI=1S/C23H21ClF3N7O3S/c24-16-2-1-13(8-32(28)3-4-35)5-20(16)30-21-31-22(36)34(10-15-11-38-12-29-15)23(37)33(21)9-14-6-18(26)19(27)7-17(14)25/h2,5-8,11-12,35H,1,3-4,9-10,28H2,(H,30,31,36)/b13-8+. The summed E-state index contributed by atoms with van der Waals surface area (Å²) in [5, 5.41) is 15.0. The number of hydrogen-bond donors (Lipinski definition) is 3.